The van der Waals surface area contributed by atoms with Crippen molar-refractivity contribution in [1.82, 2.24) is 16.0 Å². The zero-order valence-corrected chi connectivity index (χ0v) is 13.3. The van der Waals surface area contributed by atoms with Gasteiger partial charge in [0.15, 0.2) is 5.96 Å². The molecule has 3 N–H and O–H groups in total. The van der Waals surface area contributed by atoms with Gasteiger partial charge in [-0.1, -0.05) is 29.8 Å². The predicted octanol–water partition coefficient (Wildman–Crippen LogP) is 1.57. The topological polar surface area (TPSA) is 65.5 Å². The Balaban J connectivity index is 2.45. The Morgan fingerprint density at radius 2 is 1.86 bits per heavy atom. The molecule has 1 amide bonds. The first-order valence-electron chi connectivity index (χ1n) is 7.19. The molecule has 0 aliphatic carbocycles. The van der Waals surface area contributed by atoms with E-state index < -0.39 is 0 Å². The average molecular weight is 311 g/mol. The first kappa shape index (κ1) is 17.3. The van der Waals surface area contributed by atoms with Crippen molar-refractivity contribution < 1.29 is 4.79 Å². The van der Waals surface area contributed by atoms with Crippen molar-refractivity contribution in [3.8, 4) is 0 Å². The van der Waals surface area contributed by atoms with Gasteiger partial charge in [-0.15, -0.1) is 0 Å². The van der Waals surface area contributed by atoms with Crippen molar-refractivity contribution in [3.05, 3.63) is 34.9 Å². The van der Waals surface area contributed by atoms with Crippen LogP contribution in [0.2, 0.25) is 5.02 Å². The molecule has 0 radical (unpaired) electrons. The van der Waals surface area contributed by atoms with Gasteiger partial charge < -0.3 is 16.0 Å². The van der Waals surface area contributed by atoms with E-state index >= 15 is 0 Å². The Kier molecular flexibility index (Phi) is 8.28. The smallest absolute Gasteiger partial charge is 0.241 e. The molecule has 0 saturated heterocycles. The lowest BCUT2D eigenvalue weighted by atomic mass is 10.1. The third-order valence-electron chi connectivity index (χ3n) is 2.74. The summed E-state index contributed by atoms with van der Waals surface area (Å²) >= 11 is 6.11. The molecule has 0 aliphatic rings. The number of hydrogen-bond acceptors (Lipinski definition) is 2. The molecule has 1 aromatic rings. The lowest BCUT2D eigenvalue weighted by Crippen LogP contribution is -2.39. The van der Waals surface area contributed by atoms with Crippen LogP contribution in [-0.4, -0.2) is 38.0 Å². The van der Waals surface area contributed by atoms with E-state index in [1.54, 1.807) is 0 Å². The van der Waals surface area contributed by atoms with Crippen molar-refractivity contribution in [2.45, 2.75) is 20.3 Å². The molecule has 1 aromatic carbocycles. The van der Waals surface area contributed by atoms with Crippen molar-refractivity contribution in [1.29, 1.82) is 0 Å². The second-order valence-corrected chi connectivity index (χ2v) is 4.82. The molecule has 6 heteroatoms. The summed E-state index contributed by atoms with van der Waals surface area (Å²) in [6.45, 7) is 6.05. The van der Waals surface area contributed by atoms with Gasteiger partial charge in [0.2, 0.25) is 5.91 Å². The normalized spacial score (nSPS) is 11.1. The number of halogens is 1. The number of carbonyl (C=O) groups excluding carboxylic acids is 1. The van der Waals surface area contributed by atoms with Gasteiger partial charge in [0.1, 0.15) is 6.54 Å². The van der Waals surface area contributed by atoms with Gasteiger partial charge >= 0.3 is 0 Å². The molecule has 0 bridgehead atoms. The molecule has 0 aliphatic heterocycles. The van der Waals surface area contributed by atoms with Crippen molar-refractivity contribution in [2.75, 3.05) is 26.2 Å². The lowest BCUT2D eigenvalue weighted by Gasteiger charge is -2.11. The molecule has 0 spiro atoms. The maximum atomic E-state index is 11.4. The van der Waals surface area contributed by atoms with E-state index in [9.17, 15) is 4.79 Å². The molecule has 0 aromatic heterocycles. The maximum Gasteiger partial charge on any atom is 0.241 e. The minimum atomic E-state index is -0.0826. The first-order valence-corrected chi connectivity index (χ1v) is 7.57. The molecule has 0 heterocycles. The molecular weight excluding hydrogens is 288 g/mol. The molecular formula is C15H23ClN4O. The van der Waals surface area contributed by atoms with Crippen LogP contribution in [0.3, 0.4) is 0 Å². The fourth-order valence-electron chi connectivity index (χ4n) is 1.76. The summed E-state index contributed by atoms with van der Waals surface area (Å²) < 4.78 is 0. The Labute approximate surface area is 131 Å². The summed E-state index contributed by atoms with van der Waals surface area (Å²) in [6.07, 6.45) is 0.797. The van der Waals surface area contributed by atoms with Crippen molar-refractivity contribution in [2.24, 2.45) is 4.99 Å². The van der Waals surface area contributed by atoms with Gasteiger partial charge in [0, 0.05) is 24.7 Å². The number of amides is 1. The van der Waals surface area contributed by atoms with E-state index in [0.717, 1.165) is 23.6 Å². The number of likely N-dealkylation sites (N-methyl/N-ethyl adjacent to an activating group) is 1. The molecule has 0 unspecified atom stereocenters. The summed E-state index contributed by atoms with van der Waals surface area (Å²) in [5, 5.41) is 9.78. The molecule has 0 saturated carbocycles. The summed E-state index contributed by atoms with van der Waals surface area (Å²) in [6, 6.07) is 7.76. The SMILES string of the molecule is CCNC(=O)CN=C(NCC)NCCc1ccccc1Cl. The van der Waals surface area contributed by atoms with Crippen LogP contribution in [0, 0.1) is 0 Å². The number of carbonyl (C=O) groups is 1. The minimum Gasteiger partial charge on any atom is -0.357 e. The zero-order chi connectivity index (χ0) is 15.5. The van der Waals surface area contributed by atoms with Crippen LogP contribution in [0.25, 0.3) is 0 Å². The van der Waals surface area contributed by atoms with E-state index in [0.29, 0.717) is 19.0 Å². The highest BCUT2D eigenvalue weighted by Crippen LogP contribution is 2.14. The van der Waals surface area contributed by atoms with Crippen LogP contribution in [0.5, 0.6) is 0 Å². The number of benzene rings is 1. The molecule has 21 heavy (non-hydrogen) atoms. The summed E-state index contributed by atoms with van der Waals surface area (Å²) in [7, 11) is 0. The number of guanidine groups is 1. The molecule has 0 atom stereocenters. The maximum absolute atomic E-state index is 11.4. The highest BCUT2D eigenvalue weighted by atomic mass is 35.5. The molecule has 1 rings (SSSR count). The van der Waals surface area contributed by atoms with Gasteiger partial charge in [0.05, 0.1) is 0 Å². The van der Waals surface area contributed by atoms with Crippen LogP contribution in [0.1, 0.15) is 19.4 Å². The number of rotatable bonds is 7. The van der Waals surface area contributed by atoms with E-state index in [1.165, 1.54) is 0 Å². The zero-order valence-electron chi connectivity index (χ0n) is 12.6. The van der Waals surface area contributed by atoms with Crippen LogP contribution in [-0.2, 0) is 11.2 Å². The Bertz CT molecular complexity index is 476. The fourth-order valence-corrected chi connectivity index (χ4v) is 1.99. The van der Waals surface area contributed by atoms with E-state index in [1.807, 2.05) is 38.1 Å². The monoisotopic (exact) mass is 310 g/mol. The van der Waals surface area contributed by atoms with Gasteiger partial charge in [0.25, 0.3) is 0 Å². The summed E-state index contributed by atoms with van der Waals surface area (Å²) in [5.41, 5.74) is 1.09. The van der Waals surface area contributed by atoms with Crippen LogP contribution in [0.4, 0.5) is 0 Å². The van der Waals surface area contributed by atoms with E-state index in [-0.39, 0.29) is 12.5 Å². The predicted molar refractivity (Wildman–Crippen MR) is 87.8 cm³/mol. The number of nitrogens with one attached hydrogen (secondary N) is 3. The number of aliphatic imine (C=N–C) groups is 1. The van der Waals surface area contributed by atoms with E-state index in [2.05, 4.69) is 20.9 Å². The lowest BCUT2D eigenvalue weighted by molar-refractivity contribution is -0.119. The third-order valence-corrected chi connectivity index (χ3v) is 3.11. The van der Waals surface area contributed by atoms with E-state index in [4.69, 9.17) is 11.6 Å². The molecule has 0 fully saturated rings. The first-order chi connectivity index (χ1) is 10.2. The molecule has 116 valence electrons. The number of hydrogen-bond donors (Lipinski definition) is 3. The Morgan fingerprint density at radius 1 is 1.14 bits per heavy atom. The minimum absolute atomic E-state index is 0.0826. The second kappa shape index (κ2) is 10.0. The van der Waals surface area contributed by atoms with Gasteiger partial charge in [-0.25, -0.2) is 4.99 Å². The summed E-state index contributed by atoms with van der Waals surface area (Å²) in [5.74, 6) is 0.552. The Hall–Kier alpha value is -1.75. The third kappa shape index (κ3) is 6.99. The van der Waals surface area contributed by atoms with Crippen molar-refractivity contribution in [3.63, 3.8) is 0 Å². The quantitative estimate of drug-likeness (QED) is 0.529. The van der Waals surface area contributed by atoms with Crippen LogP contribution in [0.15, 0.2) is 29.3 Å². The van der Waals surface area contributed by atoms with Gasteiger partial charge in [-0.2, -0.15) is 0 Å². The Morgan fingerprint density at radius 3 is 2.52 bits per heavy atom. The summed E-state index contributed by atoms with van der Waals surface area (Å²) in [4.78, 5) is 15.6. The molecule has 5 nitrogen and oxygen atoms in total. The van der Waals surface area contributed by atoms with Crippen LogP contribution >= 0.6 is 11.6 Å². The number of nitrogens with zero attached hydrogens (tertiary/aromatic N) is 1. The largest absolute Gasteiger partial charge is 0.357 e. The van der Waals surface area contributed by atoms with Gasteiger partial charge in [-0.05, 0) is 31.9 Å². The van der Waals surface area contributed by atoms with Gasteiger partial charge in [-0.3, -0.25) is 4.79 Å². The van der Waals surface area contributed by atoms with Crippen molar-refractivity contribution >= 4 is 23.5 Å². The van der Waals surface area contributed by atoms with Crippen LogP contribution < -0.4 is 16.0 Å². The highest BCUT2D eigenvalue weighted by molar-refractivity contribution is 6.31. The fraction of sp³-hybridized carbons (Fsp3) is 0.467. The second-order valence-electron chi connectivity index (χ2n) is 4.42. The standard InChI is InChI=1S/C15H23ClN4O/c1-3-17-14(21)11-20-15(18-4-2)19-10-9-12-7-5-6-8-13(12)16/h5-8H,3-4,9-11H2,1-2H3,(H,17,21)(H2,18,19,20). The highest BCUT2D eigenvalue weighted by Gasteiger charge is 2.02. The average Bonchev–Trinajstić information content (AvgIpc) is 2.47.